The van der Waals surface area contributed by atoms with Crippen molar-refractivity contribution in [3.05, 3.63) is 60.0 Å². The first-order valence-electron chi connectivity index (χ1n) is 6.69. The van der Waals surface area contributed by atoms with Gasteiger partial charge in [0, 0.05) is 18.0 Å². The number of aryl methyl sites for hydroxylation is 1. The Hall–Kier alpha value is -3.00. The number of para-hydroxylation sites is 1. The van der Waals surface area contributed by atoms with E-state index in [-0.39, 0.29) is 0 Å². The minimum Gasteiger partial charge on any atom is -0.264 e. The van der Waals surface area contributed by atoms with Gasteiger partial charge in [0.1, 0.15) is 11.8 Å². The van der Waals surface area contributed by atoms with Crippen molar-refractivity contribution in [3.63, 3.8) is 0 Å². The van der Waals surface area contributed by atoms with E-state index in [1.165, 1.54) is 0 Å². The quantitative estimate of drug-likeness (QED) is 0.737. The fourth-order valence-electron chi connectivity index (χ4n) is 2.30. The van der Waals surface area contributed by atoms with E-state index in [2.05, 4.69) is 34.4 Å². The summed E-state index contributed by atoms with van der Waals surface area (Å²) in [6.07, 6.45) is 4.29. The monoisotopic (exact) mass is 275 g/mol. The first-order valence-corrected chi connectivity index (χ1v) is 6.69. The highest BCUT2D eigenvalue weighted by molar-refractivity contribution is 5.66. The summed E-state index contributed by atoms with van der Waals surface area (Å²) in [6.45, 7) is 2.09. The molecule has 3 rings (SSSR count). The Morgan fingerprint density at radius 1 is 1.19 bits per heavy atom. The molecule has 21 heavy (non-hydrogen) atoms. The molecule has 5 nitrogen and oxygen atoms in total. The molecule has 0 amide bonds. The molecule has 0 unspecified atom stereocenters. The summed E-state index contributed by atoms with van der Waals surface area (Å²) in [4.78, 5) is 4.12. The summed E-state index contributed by atoms with van der Waals surface area (Å²) in [5, 5.41) is 17.4. The van der Waals surface area contributed by atoms with Crippen LogP contribution < -0.4 is 0 Å². The van der Waals surface area contributed by atoms with Gasteiger partial charge in [0.2, 0.25) is 0 Å². The van der Waals surface area contributed by atoms with Crippen molar-refractivity contribution < 1.29 is 0 Å². The highest BCUT2D eigenvalue weighted by atomic mass is 15.4. The first kappa shape index (κ1) is 13.0. The molecule has 3 aromatic rings. The Kier molecular flexibility index (Phi) is 3.44. The van der Waals surface area contributed by atoms with Gasteiger partial charge in [0.25, 0.3) is 0 Å². The Labute approximate surface area is 122 Å². The van der Waals surface area contributed by atoms with E-state index < -0.39 is 0 Å². The normalized spacial score (nSPS) is 10.3. The highest BCUT2D eigenvalue weighted by Crippen LogP contribution is 2.25. The molecule has 2 heterocycles. The van der Waals surface area contributed by atoms with Gasteiger partial charge in [-0.2, -0.15) is 5.26 Å². The summed E-state index contributed by atoms with van der Waals surface area (Å²) in [5.41, 5.74) is 3.88. The molecule has 0 radical (unpaired) electrons. The first-order chi connectivity index (χ1) is 10.3. The Balaban J connectivity index is 2.26. The van der Waals surface area contributed by atoms with Crippen LogP contribution in [0.5, 0.6) is 0 Å². The van der Waals surface area contributed by atoms with E-state index in [4.69, 9.17) is 0 Å². The van der Waals surface area contributed by atoms with Gasteiger partial charge in [-0.25, -0.2) is 4.68 Å². The molecular weight excluding hydrogens is 262 g/mol. The maximum atomic E-state index is 9.28. The lowest BCUT2D eigenvalue weighted by Crippen LogP contribution is -2.03. The number of hydrogen-bond donors (Lipinski definition) is 0. The Morgan fingerprint density at radius 2 is 2.05 bits per heavy atom. The standard InChI is InChI=1S/C16H13N5/c1-2-12-6-3-4-8-15(12)21-16(14(10-17)19-20-21)13-7-5-9-18-11-13/h3-9,11H,2H2,1H3. The van der Waals surface area contributed by atoms with Gasteiger partial charge in [-0.3, -0.25) is 4.98 Å². The fraction of sp³-hybridized carbons (Fsp3) is 0.125. The molecule has 5 heteroatoms. The van der Waals surface area contributed by atoms with Gasteiger partial charge < -0.3 is 0 Å². The predicted molar refractivity (Wildman–Crippen MR) is 78.7 cm³/mol. The molecule has 1 aromatic carbocycles. The number of nitriles is 1. The van der Waals surface area contributed by atoms with Gasteiger partial charge in [-0.15, -0.1) is 5.10 Å². The van der Waals surface area contributed by atoms with Crippen LogP contribution in [0.25, 0.3) is 16.9 Å². The number of hydrogen-bond acceptors (Lipinski definition) is 4. The summed E-state index contributed by atoms with van der Waals surface area (Å²) in [6, 6.07) is 13.8. The molecule has 0 aliphatic heterocycles. The molecule has 0 fully saturated rings. The fourth-order valence-corrected chi connectivity index (χ4v) is 2.30. The number of rotatable bonds is 3. The average Bonchev–Trinajstić information content (AvgIpc) is 2.99. The molecule has 0 bridgehead atoms. The summed E-state index contributed by atoms with van der Waals surface area (Å²) < 4.78 is 1.72. The second-order valence-electron chi connectivity index (χ2n) is 4.53. The van der Waals surface area contributed by atoms with Gasteiger partial charge in [0.05, 0.1) is 5.69 Å². The van der Waals surface area contributed by atoms with Gasteiger partial charge in [-0.1, -0.05) is 30.3 Å². The zero-order valence-corrected chi connectivity index (χ0v) is 11.6. The van der Waals surface area contributed by atoms with Gasteiger partial charge in [0.15, 0.2) is 5.69 Å². The van der Waals surface area contributed by atoms with Crippen molar-refractivity contribution in [2.45, 2.75) is 13.3 Å². The molecule has 0 N–H and O–H groups in total. The van der Waals surface area contributed by atoms with E-state index in [0.717, 1.165) is 23.2 Å². The number of nitrogens with zero attached hydrogens (tertiary/aromatic N) is 5. The number of pyridine rings is 1. The molecule has 0 saturated carbocycles. The van der Waals surface area contributed by atoms with Crippen LogP contribution >= 0.6 is 0 Å². The van der Waals surface area contributed by atoms with E-state index >= 15 is 0 Å². The van der Waals surface area contributed by atoms with Crippen molar-refractivity contribution in [1.29, 1.82) is 5.26 Å². The van der Waals surface area contributed by atoms with E-state index in [0.29, 0.717) is 11.4 Å². The molecule has 0 spiro atoms. The van der Waals surface area contributed by atoms with Gasteiger partial charge >= 0.3 is 0 Å². The highest BCUT2D eigenvalue weighted by Gasteiger charge is 2.17. The Bertz CT molecular complexity index is 799. The minimum absolute atomic E-state index is 0.300. The molecule has 0 saturated heterocycles. The molecule has 2 aromatic heterocycles. The average molecular weight is 275 g/mol. The van der Waals surface area contributed by atoms with E-state index in [1.807, 2.05) is 30.3 Å². The van der Waals surface area contributed by atoms with Gasteiger partial charge in [-0.05, 0) is 30.2 Å². The lowest BCUT2D eigenvalue weighted by Gasteiger charge is -2.10. The SMILES string of the molecule is CCc1ccccc1-n1nnc(C#N)c1-c1cccnc1. The van der Waals surface area contributed by atoms with Crippen LogP contribution in [0.1, 0.15) is 18.2 Å². The third-order valence-electron chi connectivity index (χ3n) is 3.31. The van der Waals surface area contributed by atoms with Crippen molar-refractivity contribution >= 4 is 0 Å². The molecule has 0 aliphatic carbocycles. The van der Waals surface area contributed by atoms with Crippen molar-refractivity contribution in [3.8, 4) is 23.0 Å². The predicted octanol–water partition coefficient (Wildman–Crippen LogP) is 2.76. The van der Waals surface area contributed by atoms with Crippen molar-refractivity contribution in [2.75, 3.05) is 0 Å². The van der Waals surface area contributed by atoms with Crippen molar-refractivity contribution in [1.82, 2.24) is 20.0 Å². The smallest absolute Gasteiger partial charge is 0.191 e. The summed E-state index contributed by atoms with van der Waals surface area (Å²) in [7, 11) is 0. The zero-order chi connectivity index (χ0) is 14.7. The van der Waals surface area contributed by atoms with Crippen LogP contribution in [0.3, 0.4) is 0 Å². The second-order valence-corrected chi connectivity index (χ2v) is 4.53. The van der Waals surface area contributed by atoms with Crippen LogP contribution in [0.2, 0.25) is 0 Å². The van der Waals surface area contributed by atoms with E-state index in [9.17, 15) is 5.26 Å². The van der Waals surface area contributed by atoms with Crippen LogP contribution in [0.4, 0.5) is 0 Å². The van der Waals surface area contributed by atoms with Crippen LogP contribution in [-0.2, 0) is 6.42 Å². The van der Waals surface area contributed by atoms with Crippen LogP contribution in [-0.4, -0.2) is 20.0 Å². The zero-order valence-electron chi connectivity index (χ0n) is 11.6. The van der Waals surface area contributed by atoms with Crippen LogP contribution in [0, 0.1) is 11.3 Å². The lowest BCUT2D eigenvalue weighted by molar-refractivity contribution is 0.797. The maximum absolute atomic E-state index is 9.28. The third-order valence-corrected chi connectivity index (χ3v) is 3.31. The second kappa shape index (κ2) is 5.55. The minimum atomic E-state index is 0.300. The maximum Gasteiger partial charge on any atom is 0.191 e. The van der Waals surface area contributed by atoms with E-state index in [1.54, 1.807) is 17.1 Å². The summed E-state index contributed by atoms with van der Waals surface area (Å²) >= 11 is 0. The largest absolute Gasteiger partial charge is 0.264 e. The van der Waals surface area contributed by atoms with Crippen LogP contribution in [0.15, 0.2) is 48.8 Å². The number of benzene rings is 1. The topological polar surface area (TPSA) is 67.4 Å². The summed E-state index contributed by atoms with van der Waals surface area (Å²) in [5.74, 6) is 0. The third kappa shape index (κ3) is 2.28. The lowest BCUT2D eigenvalue weighted by atomic mass is 10.1. The molecule has 102 valence electrons. The Morgan fingerprint density at radius 3 is 2.76 bits per heavy atom. The van der Waals surface area contributed by atoms with Crippen molar-refractivity contribution in [2.24, 2.45) is 0 Å². The molecular formula is C16H13N5. The molecule has 0 aliphatic rings. The molecule has 0 atom stereocenters. The number of aromatic nitrogens is 4.